The first kappa shape index (κ1) is 10.3. The lowest BCUT2D eigenvalue weighted by Crippen LogP contribution is -2.04. The van der Waals surface area contributed by atoms with E-state index in [-0.39, 0.29) is 12.1 Å². The topological polar surface area (TPSA) is 26.3 Å². The maximum atomic E-state index is 10.7. The van der Waals surface area contributed by atoms with Gasteiger partial charge in [0.15, 0.2) is 0 Å². The van der Waals surface area contributed by atoms with Crippen LogP contribution in [0.4, 0.5) is 0 Å². The van der Waals surface area contributed by atoms with Gasteiger partial charge < -0.3 is 4.74 Å². The van der Waals surface area contributed by atoms with E-state index >= 15 is 0 Å². The molecule has 0 heterocycles. The molecule has 1 aromatic rings. The van der Waals surface area contributed by atoms with Gasteiger partial charge in [0.2, 0.25) is 0 Å². The fraction of sp³-hybridized carbons (Fsp3) is 0.250. The first-order valence-corrected chi connectivity index (χ1v) is 4.37. The van der Waals surface area contributed by atoms with Gasteiger partial charge in [-0.05, 0) is 24.6 Å². The highest BCUT2D eigenvalue weighted by Crippen LogP contribution is 2.16. The lowest BCUT2D eigenvalue weighted by Gasteiger charge is -2.11. The van der Waals surface area contributed by atoms with E-state index in [9.17, 15) is 4.79 Å². The van der Waals surface area contributed by atoms with Gasteiger partial charge in [0.05, 0.1) is 0 Å². The fourth-order valence-corrected chi connectivity index (χ4v) is 1.17. The average molecular weight is 188 g/mol. The zero-order valence-corrected chi connectivity index (χ0v) is 8.28. The van der Waals surface area contributed by atoms with E-state index in [0.29, 0.717) is 0 Å². The maximum absolute atomic E-state index is 10.7. The van der Waals surface area contributed by atoms with E-state index < -0.39 is 0 Å². The molecule has 0 aliphatic rings. The Labute approximate surface area is 83.9 Å². The monoisotopic (exact) mass is 188 g/mol. The predicted molar refractivity (Wildman–Crippen MR) is 54.6 cm³/mol. The Balaban J connectivity index is 2.77. The highest BCUT2D eigenvalue weighted by molar-refractivity contribution is 5.66. The smallest absolute Gasteiger partial charge is 0.303 e. The number of terminal acetylenes is 1. The predicted octanol–water partition coefficient (Wildman–Crippen LogP) is 2.29. The van der Waals surface area contributed by atoms with Gasteiger partial charge in [-0.2, -0.15) is 0 Å². The number of carbonyl (C=O) groups is 1. The normalized spacial score (nSPS) is 11.5. The Kier molecular flexibility index (Phi) is 3.30. The van der Waals surface area contributed by atoms with E-state index in [4.69, 9.17) is 11.2 Å². The summed E-state index contributed by atoms with van der Waals surface area (Å²) in [6.07, 6.45) is 5.00. The molecule has 0 unspecified atom stereocenters. The van der Waals surface area contributed by atoms with E-state index in [1.54, 1.807) is 0 Å². The summed E-state index contributed by atoms with van der Waals surface area (Å²) in [5, 5.41) is 0. The number of ether oxygens (including phenoxy) is 1. The van der Waals surface area contributed by atoms with Crippen molar-refractivity contribution in [1.82, 2.24) is 0 Å². The molecule has 0 saturated heterocycles. The number of esters is 1. The second kappa shape index (κ2) is 4.48. The van der Waals surface area contributed by atoms with E-state index in [1.807, 2.05) is 31.2 Å². The van der Waals surface area contributed by atoms with Gasteiger partial charge in [0.25, 0.3) is 0 Å². The molecule has 0 aromatic heterocycles. The van der Waals surface area contributed by atoms with Gasteiger partial charge in [-0.25, -0.2) is 0 Å². The molecule has 1 atom stereocenters. The molecule has 1 aromatic carbocycles. The zero-order valence-electron chi connectivity index (χ0n) is 8.28. The molecule has 0 bridgehead atoms. The molecule has 0 amide bonds. The van der Waals surface area contributed by atoms with Crippen molar-refractivity contribution in [1.29, 1.82) is 0 Å². The van der Waals surface area contributed by atoms with Crippen LogP contribution in [0, 0.1) is 12.3 Å². The molecule has 0 radical (unpaired) electrons. The molecule has 2 heteroatoms. The lowest BCUT2D eigenvalue weighted by molar-refractivity contribution is -0.145. The number of hydrogen-bond acceptors (Lipinski definition) is 2. The summed E-state index contributed by atoms with van der Waals surface area (Å²) in [4.78, 5) is 10.7. The van der Waals surface area contributed by atoms with Crippen LogP contribution in [0.1, 0.15) is 31.1 Å². The van der Waals surface area contributed by atoms with Gasteiger partial charge in [0.1, 0.15) is 6.10 Å². The Bertz CT molecular complexity index is 357. The van der Waals surface area contributed by atoms with Crippen LogP contribution in [0.3, 0.4) is 0 Å². The van der Waals surface area contributed by atoms with Crippen LogP contribution in [0.2, 0.25) is 0 Å². The van der Waals surface area contributed by atoms with Crippen molar-refractivity contribution >= 4 is 5.97 Å². The van der Waals surface area contributed by atoms with Crippen LogP contribution in [-0.4, -0.2) is 5.97 Å². The Hall–Kier alpha value is -1.75. The number of benzene rings is 1. The Morgan fingerprint density at radius 2 is 2.00 bits per heavy atom. The largest absolute Gasteiger partial charge is 0.458 e. The summed E-state index contributed by atoms with van der Waals surface area (Å²) in [5.41, 5.74) is 1.77. The first-order valence-electron chi connectivity index (χ1n) is 4.37. The van der Waals surface area contributed by atoms with Crippen LogP contribution >= 0.6 is 0 Å². The second-order valence-corrected chi connectivity index (χ2v) is 3.02. The molecule has 0 aliphatic carbocycles. The molecule has 0 spiro atoms. The average Bonchev–Trinajstić information content (AvgIpc) is 2.17. The van der Waals surface area contributed by atoms with E-state index in [1.165, 1.54) is 6.92 Å². The molecule has 0 saturated carbocycles. The van der Waals surface area contributed by atoms with E-state index in [0.717, 1.165) is 11.1 Å². The van der Waals surface area contributed by atoms with Crippen molar-refractivity contribution in [3.05, 3.63) is 35.4 Å². The van der Waals surface area contributed by atoms with Crippen LogP contribution < -0.4 is 0 Å². The first-order chi connectivity index (χ1) is 6.63. The Morgan fingerprint density at radius 3 is 2.43 bits per heavy atom. The Morgan fingerprint density at radius 1 is 1.43 bits per heavy atom. The van der Waals surface area contributed by atoms with Crippen LogP contribution in [0.25, 0.3) is 0 Å². The SMILES string of the molecule is C#Cc1ccc([C@@H](C)OC(C)=O)cc1. The standard InChI is InChI=1S/C12H12O2/c1-4-11-5-7-12(8-6-11)9(2)14-10(3)13/h1,5-9H,2-3H3/t9-/m1/s1. The second-order valence-electron chi connectivity index (χ2n) is 3.02. The van der Waals surface area contributed by atoms with Crippen molar-refractivity contribution in [2.24, 2.45) is 0 Å². The fourth-order valence-electron chi connectivity index (χ4n) is 1.17. The summed E-state index contributed by atoms with van der Waals surface area (Å²) in [6, 6.07) is 7.39. The highest BCUT2D eigenvalue weighted by atomic mass is 16.5. The van der Waals surface area contributed by atoms with Gasteiger partial charge in [-0.1, -0.05) is 18.1 Å². The van der Waals surface area contributed by atoms with Crippen molar-refractivity contribution in [3.8, 4) is 12.3 Å². The summed E-state index contributed by atoms with van der Waals surface area (Å²) < 4.78 is 5.02. The van der Waals surface area contributed by atoms with Gasteiger partial charge in [-0.3, -0.25) is 4.79 Å². The lowest BCUT2D eigenvalue weighted by atomic mass is 10.1. The molecular weight excluding hydrogens is 176 g/mol. The molecule has 1 rings (SSSR count). The zero-order chi connectivity index (χ0) is 10.6. The third-order valence-corrected chi connectivity index (χ3v) is 1.89. The highest BCUT2D eigenvalue weighted by Gasteiger charge is 2.07. The van der Waals surface area contributed by atoms with Crippen molar-refractivity contribution in [2.45, 2.75) is 20.0 Å². The van der Waals surface area contributed by atoms with Gasteiger partial charge in [-0.15, -0.1) is 6.42 Å². The number of rotatable bonds is 2. The van der Waals surface area contributed by atoms with Crippen LogP contribution in [0.15, 0.2) is 24.3 Å². The molecule has 0 fully saturated rings. The summed E-state index contributed by atoms with van der Waals surface area (Å²) in [6.45, 7) is 3.22. The number of carbonyl (C=O) groups excluding carboxylic acids is 1. The summed E-state index contributed by atoms with van der Waals surface area (Å²) >= 11 is 0. The third-order valence-electron chi connectivity index (χ3n) is 1.89. The molecule has 14 heavy (non-hydrogen) atoms. The molecular formula is C12H12O2. The third kappa shape index (κ3) is 2.63. The van der Waals surface area contributed by atoms with Crippen LogP contribution in [-0.2, 0) is 9.53 Å². The molecule has 0 N–H and O–H groups in total. The molecule has 0 aliphatic heterocycles. The minimum atomic E-state index is -0.279. The van der Waals surface area contributed by atoms with Crippen molar-refractivity contribution in [2.75, 3.05) is 0 Å². The summed E-state index contributed by atoms with van der Waals surface area (Å²) in [5.74, 6) is 2.25. The quantitative estimate of drug-likeness (QED) is 0.525. The van der Waals surface area contributed by atoms with Crippen molar-refractivity contribution in [3.63, 3.8) is 0 Å². The maximum Gasteiger partial charge on any atom is 0.303 e. The molecule has 2 nitrogen and oxygen atoms in total. The van der Waals surface area contributed by atoms with Gasteiger partial charge >= 0.3 is 5.97 Å². The minimum Gasteiger partial charge on any atom is -0.458 e. The van der Waals surface area contributed by atoms with Crippen LogP contribution in [0.5, 0.6) is 0 Å². The summed E-state index contributed by atoms with van der Waals surface area (Å²) in [7, 11) is 0. The number of hydrogen-bond donors (Lipinski definition) is 0. The minimum absolute atomic E-state index is 0.223. The van der Waals surface area contributed by atoms with Gasteiger partial charge in [0, 0.05) is 12.5 Å². The molecule has 72 valence electrons. The van der Waals surface area contributed by atoms with E-state index in [2.05, 4.69) is 5.92 Å². The van der Waals surface area contributed by atoms with Crippen molar-refractivity contribution < 1.29 is 9.53 Å².